The molecule has 1 aromatic heterocycles. The largest absolute Gasteiger partial charge is 0.469 e. The Hall–Kier alpha value is -2.92. The highest BCUT2D eigenvalue weighted by molar-refractivity contribution is 6.38. The summed E-state index contributed by atoms with van der Waals surface area (Å²) < 4.78 is 92.3. The zero-order valence-corrected chi connectivity index (χ0v) is 19.4. The second-order valence-corrected chi connectivity index (χ2v) is 8.29. The number of benzene rings is 2. The summed E-state index contributed by atoms with van der Waals surface area (Å²) in [5, 5.41) is -1.01. The van der Waals surface area contributed by atoms with Crippen LogP contribution in [0.25, 0.3) is 16.6 Å². The SMILES string of the molecule is COC(=O)CC(=O)OC(C)(c1cn(-c2c(Cl)cc(C(F)(F)F)cc2Cl)c2ccccc12)C(F)(F)F. The monoisotopic (exact) mass is 541 g/mol. The van der Waals surface area contributed by atoms with E-state index in [2.05, 4.69) is 4.74 Å². The number of para-hydroxylation sites is 1. The smallest absolute Gasteiger partial charge is 0.432 e. The molecule has 0 fully saturated rings. The van der Waals surface area contributed by atoms with Gasteiger partial charge >= 0.3 is 24.3 Å². The van der Waals surface area contributed by atoms with E-state index in [4.69, 9.17) is 27.9 Å². The normalized spacial score (nSPS) is 14.0. The van der Waals surface area contributed by atoms with E-state index < -0.39 is 57.5 Å². The van der Waals surface area contributed by atoms with Crippen molar-refractivity contribution in [3.63, 3.8) is 0 Å². The molecule has 1 unspecified atom stereocenters. The van der Waals surface area contributed by atoms with Crippen molar-refractivity contribution in [2.24, 2.45) is 0 Å². The van der Waals surface area contributed by atoms with E-state index in [1.165, 1.54) is 24.3 Å². The molecule has 0 aliphatic heterocycles. The van der Waals surface area contributed by atoms with Gasteiger partial charge in [-0.15, -0.1) is 0 Å². The molecule has 13 heteroatoms. The highest BCUT2D eigenvalue weighted by Gasteiger charge is 2.57. The molecular formula is C22H15Cl2F6NO4. The summed E-state index contributed by atoms with van der Waals surface area (Å²) in [6.07, 6.45) is -10.1. The van der Waals surface area contributed by atoms with Crippen LogP contribution in [0.3, 0.4) is 0 Å². The van der Waals surface area contributed by atoms with Crippen molar-refractivity contribution < 1.29 is 45.4 Å². The fourth-order valence-electron chi connectivity index (χ4n) is 3.42. The Morgan fingerprint density at radius 3 is 2.06 bits per heavy atom. The van der Waals surface area contributed by atoms with Crippen molar-refractivity contribution in [1.82, 2.24) is 4.57 Å². The Morgan fingerprint density at radius 1 is 0.971 bits per heavy atom. The molecule has 0 N–H and O–H groups in total. The maximum atomic E-state index is 14.3. The number of rotatable bonds is 5. The summed E-state index contributed by atoms with van der Waals surface area (Å²) in [6, 6.07) is 6.76. The van der Waals surface area contributed by atoms with Gasteiger partial charge in [0, 0.05) is 17.1 Å². The number of carbonyl (C=O) groups excluding carboxylic acids is 2. The highest BCUT2D eigenvalue weighted by Crippen LogP contribution is 2.47. The first kappa shape index (κ1) is 26.7. The van der Waals surface area contributed by atoms with E-state index in [-0.39, 0.29) is 16.6 Å². The van der Waals surface area contributed by atoms with E-state index in [1.54, 1.807) is 0 Å². The number of fused-ring (bicyclic) bond motifs is 1. The van der Waals surface area contributed by atoms with Gasteiger partial charge < -0.3 is 14.0 Å². The molecule has 0 saturated carbocycles. The van der Waals surface area contributed by atoms with Crippen LogP contribution < -0.4 is 0 Å². The van der Waals surface area contributed by atoms with Gasteiger partial charge in [0.25, 0.3) is 0 Å². The van der Waals surface area contributed by atoms with Gasteiger partial charge in [-0.3, -0.25) is 9.59 Å². The summed E-state index contributed by atoms with van der Waals surface area (Å²) in [6.45, 7) is 0.588. The standard InChI is InChI=1S/C22H15Cl2F6NO4/c1-20(22(28,29)30,35-18(33)9-17(32)34-2)13-10-31(16-6-4-3-5-12(13)16)19-14(23)7-11(8-15(19)24)21(25,26)27/h3-8,10H,9H2,1-2H3. The van der Waals surface area contributed by atoms with Crippen molar-refractivity contribution in [1.29, 1.82) is 0 Å². The quantitative estimate of drug-likeness (QED) is 0.201. The summed E-state index contributed by atoms with van der Waals surface area (Å²) in [5.41, 5.74) is -5.09. The first-order valence-electron chi connectivity index (χ1n) is 9.62. The molecule has 35 heavy (non-hydrogen) atoms. The molecule has 3 aromatic rings. The van der Waals surface area contributed by atoms with Gasteiger partial charge in [0.1, 0.15) is 6.42 Å². The predicted octanol–water partition coefficient (Wildman–Crippen LogP) is 6.84. The average Bonchev–Trinajstić information content (AvgIpc) is 3.11. The van der Waals surface area contributed by atoms with Crippen molar-refractivity contribution >= 4 is 46.0 Å². The van der Waals surface area contributed by atoms with Gasteiger partial charge in [-0.05, 0) is 25.1 Å². The van der Waals surface area contributed by atoms with Crippen molar-refractivity contribution in [3.8, 4) is 5.69 Å². The molecule has 0 spiro atoms. The Kier molecular flexibility index (Phi) is 7.07. The van der Waals surface area contributed by atoms with Gasteiger partial charge in [0.05, 0.1) is 33.9 Å². The van der Waals surface area contributed by atoms with Crippen LogP contribution in [0, 0.1) is 0 Å². The molecule has 2 aromatic carbocycles. The molecule has 0 aliphatic rings. The molecule has 0 radical (unpaired) electrons. The van der Waals surface area contributed by atoms with Crippen LogP contribution >= 0.6 is 23.2 Å². The van der Waals surface area contributed by atoms with E-state index >= 15 is 0 Å². The average molecular weight is 542 g/mol. The summed E-state index contributed by atoms with van der Waals surface area (Å²) in [4.78, 5) is 23.5. The van der Waals surface area contributed by atoms with Gasteiger partial charge in [0.2, 0.25) is 5.60 Å². The number of hydrogen-bond acceptors (Lipinski definition) is 4. The van der Waals surface area contributed by atoms with Gasteiger partial charge in [-0.25, -0.2) is 0 Å². The lowest BCUT2D eigenvalue weighted by atomic mass is 9.94. The van der Waals surface area contributed by atoms with Gasteiger partial charge in [-0.1, -0.05) is 41.4 Å². The molecule has 1 atom stereocenters. The number of halogens is 8. The molecule has 1 heterocycles. The second-order valence-electron chi connectivity index (χ2n) is 7.47. The highest BCUT2D eigenvalue weighted by atomic mass is 35.5. The third kappa shape index (κ3) is 5.06. The van der Waals surface area contributed by atoms with Crippen LogP contribution in [0.1, 0.15) is 24.5 Å². The number of hydrogen-bond donors (Lipinski definition) is 0. The zero-order valence-electron chi connectivity index (χ0n) is 17.9. The van der Waals surface area contributed by atoms with E-state index in [0.29, 0.717) is 19.1 Å². The Morgan fingerprint density at radius 2 is 1.54 bits per heavy atom. The zero-order chi connectivity index (χ0) is 26.3. The lowest BCUT2D eigenvalue weighted by Gasteiger charge is -2.31. The molecule has 5 nitrogen and oxygen atoms in total. The lowest BCUT2D eigenvalue weighted by Crippen LogP contribution is -2.44. The van der Waals surface area contributed by atoms with Crippen molar-refractivity contribution in [2.45, 2.75) is 31.3 Å². The molecule has 0 bridgehead atoms. The summed E-state index contributed by atoms with van der Waals surface area (Å²) in [5.74, 6) is -2.61. The molecule has 0 amide bonds. The number of alkyl halides is 6. The van der Waals surface area contributed by atoms with Crippen molar-refractivity contribution in [3.05, 3.63) is 63.8 Å². The first-order chi connectivity index (χ1) is 16.1. The fourth-order valence-corrected chi connectivity index (χ4v) is 4.09. The summed E-state index contributed by atoms with van der Waals surface area (Å²) >= 11 is 12.2. The van der Waals surface area contributed by atoms with E-state index in [9.17, 15) is 35.9 Å². The minimum Gasteiger partial charge on any atom is -0.469 e. The Bertz CT molecular complexity index is 1280. The van der Waals surface area contributed by atoms with E-state index in [1.807, 2.05) is 0 Å². The molecular weight excluding hydrogens is 527 g/mol. The maximum absolute atomic E-state index is 14.3. The first-order valence-corrected chi connectivity index (χ1v) is 10.4. The summed E-state index contributed by atoms with van der Waals surface area (Å²) in [7, 11) is 0.948. The van der Waals surface area contributed by atoms with E-state index in [0.717, 1.165) is 17.9 Å². The van der Waals surface area contributed by atoms with Crippen LogP contribution in [0.2, 0.25) is 10.0 Å². The number of ether oxygens (including phenoxy) is 2. The second kappa shape index (κ2) is 9.27. The third-order valence-corrected chi connectivity index (χ3v) is 5.76. The van der Waals surface area contributed by atoms with Crippen LogP contribution in [0.5, 0.6) is 0 Å². The number of methoxy groups -OCH3 is 1. The molecule has 3 rings (SSSR count). The lowest BCUT2D eigenvalue weighted by molar-refractivity contribution is -0.269. The number of esters is 2. The van der Waals surface area contributed by atoms with Crippen molar-refractivity contribution in [2.75, 3.05) is 7.11 Å². The molecule has 0 aliphatic carbocycles. The molecule has 0 saturated heterocycles. The van der Waals surface area contributed by atoms with Crippen LogP contribution in [-0.2, 0) is 30.8 Å². The van der Waals surface area contributed by atoms with Crippen LogP contribution in [0.4, 0.5) is 26.3 Å². The molecule has 188 valence electrons. The number of carbonyl (C=O) groups is 2. The van der Waals surface area contributed by atoms with Crippen LogP contribution in [0.15, 0.2) is 42.6 Å². The third-order valence-electron chi connectivity index (χ3n) is 5.19. The minimum atomic E-state index is -5.17. The van der Waals surface area contributed by atoms with Crippen LogP contribution in [-0.4, -0.2) is 29.8 Å². The Labute approximate surface area is 204 Å². The Balaban J connectivity index is 2.26. The fraction of sp³-hybridized carbons (Fsp3) is 0.273. The predicted molar refractivity (Wildman–Crippen MR) is 114 cm³/mol. The van der Waals surface area contributed by atoms with Gasteiger partial charge in [0.15, 0.2) is 0 Å². The topological polar surface area (TPSA) is 57.5 Å². The number of aromatic nitrogens is 1. The maximum Gasteiger partial charge on any atom is 0.432 e. The number of nitrogens with zero attached hydrogens (tertiary/aromatic N) is 1. The minimum absolute atomic E-state index is 0.0507. The van der Waals surface area contributed by atoms with Gasteiger partial charge in [-0.2, -0.15) is 26.3 Å².